The van der Waals surface area contributed by atoms with Gasteiger partial charge < -0.3 is 47.8 Å². The van der Waals surface area contributed by atoms with Gasteiger partial charge in [0.2, 0.25) is 17.7 Å². The molecule has 0 saturated carbocycles. The Bertz CT molecular complexity index is 616. The summed E-state index contributed by atoms with van der Waals surface area (Å²) in [6, 6.07) is -5.82. The maximum Gasteiger partial charge on any atom is 0.326 e. The van der Waals surface area contributed by atoms with E-state index in [2.05, 4.69) is 10.6 Å². The minimum atomic E-state index is -1.77. The minimum Gasteiger partial charge on any atom is -0.481 e. The Labute approximate surface area is 172 Å². The lowest BCUT2D eigenvalue weighted by molar-refractivity contribution is -0.147. The average molecular weight is 435 g/mol. The first-order valence-electron chi connectivity index (χ1n) is 9.10. The lowest BCUT2D eigenvalue weighted by Crippen LogP contribution is -2.58. The van der Waals surface area contributed by atoms with Crippen LogP contribution >= 0.6 is 0 Å². The Morgan fingerprint density at radius 2 is 1.30 bits per heavy atom. The monoisotopic (exact) mass is 435 g/mol. The number of carboxylic acid groups (broad SMARTS) is 2. The van der Waals surface area contributed by atoms with Crippen LogP contribution in [0.1, 0.15) is 25.7 Å². The first-order valence-corrected chi connectivity index (χ1v) is 9.10. The van der Waals surface area contributed by atoms with E-state index < -0.39 is 73.5 Å². The van der Waals surface area contributed by atoms with Crippen molar-refractivity contribution in [1.82, 2.24) is 16.0 Å². The van der Waals surface area contributed by atoms with Crippen LogP contribution in [0.25, 0.3) is 0 Å². The number of aliphatic hydroxyl groups excluding tert-OH is 2. The Morgan fingerprint density at radius 1 is 0.767 bits per heavy atom. The van der Waals surface area contributed by atoms with E-state index in [1.165, 1.54) is 0 Å². The highest BCUT2D eigenvalue weighted by atomic mass is 16.4. The van der Waals surface area contributed by atoms with E-state index in [-0.39, 0.29) is 6.42 Å². The van der Waals surface area contributed by atoms with E-state index in [9.17, 15) is 29.1 Å². The molecule has 4 unspecified atom stereocenters. The summed E-state index contributed by atoms with van der Waals surface area (Å²) in [5, 5.41) is 42.4. The van der Waals surface area contributed by atoms with Crippen molar-refractivity contribution in [2.75, 3.05) is 19.8 Å². The van der Waals surface area contributed by atoms with E-state index in [1.54, 1.807) is 0 Å². The number of unbranched alkanes of at least 4 members (excludes halogenated alkanes) is 1. The molecule has 0 rings (SSSR count). The predicted molar refractivity (Wildman–Crippen MR) is 101 cm³/mol. The van der Waals surface area contributed by atoms with E-state index in [4.69, 9.17) is 26.8 Å². The number of aliphatic hydroxyl groups is 2. The second-order valence-corrected chi connectivity index (χ2v) is 6.38. The van der Waals surface area contributed by atoms with Crippen molar-refractivity contribution in [3.8, 4) is 0 Å². The van der Waals surface area contributed by atoms with Crippen LogP contribution in [0, 0.1) is 0 Å². The Hall–Kier alpha value is -2.81. The van der Waals surface area contributed by atoms with Gasteiger partial charge in [-0.3, -0.25) is 19.2 Å². The van der Waals surface area contributed by atoms with Crippen LogP contribution in [-0.4, -0.2) is 94.0 Å². The average Bonchev–Trinajstić information content (AvgIpc) is 2.69. The molecule has 172 valence electrons. The summed E-state index contributed by atoms with van der Waals surface area (Å²) in [4.78, 5) is 58.3. The molecule has 0 aromatic carbocycles. The van der Waals surface area contributed by atoms with E-state index >= 15 is 0 Å². The molecule has 30 heavy (non-hydrogen) atoms. The number of hydrogen-bond acceptors (Lipinski definition) is 9. The molecular weight excluding hydrogens is 406 g/mol. The second kappa shape index (κ2) is 14.2. The number of rotatable bonds is 15. The summed E-state index contributed by atoms with van der Waals surface area (Å²) in [5.41, 5.74) is 10.8. The number of carbonyl (C=O) groups excluding carboxylic acids is 3. The smallest absolute Gasteiger partial charge is 0.326 e. The van der Waals surface area contributed by atoms with Crippen LogP contribution in [0.3, 0.4) is 0 Å². The number of amides is 3. The van der Waals surface area contributed by atoms with Crippen molar-refractivity contribution < 1.29 is 44.4 Å². The van der Waals surface area contributed by atoms with Gasteiger partial charge in [0, 0.05) is 0 Å². The van der Waals surface area contributed by atoms with Crippen LogP contribution < -0.4 is 27.4 Å². The Balaban J connectivity index is 5.19. The molecule has 0 saturated heterocycles. The maximum absolute atomic E-state index is 12.5. The van der Waals surface area contributed by atoms with Gasteiger partial charge in [0.05, 0.1) is 19.6 Å². The van der Waals surface area contributed by atoms with Gasteiger partial charge in [0.15, 0.2) is 0 Å². The van der Waals surface area contributed by atoms with Crippen LogP contribution in [0.2, 0.25) is 0 Å². The number of hydrogen-bond donors (Lipinski definition) is 9. The van der Waals surface area contributed by atoms with Gasteiger partial charge in [0.25, 0.3) is 0 Å². The van der Waals surface area contributed by atoms with Crippen LogP contribution in [0.4, 0.5) is 0 Å². The first-order chi connectivity index (χ1) is 14.1. The molecule has 3 amide bonds. The fraction of sp³-hybridized carbons (Fsp3) is 0.688. The topological polar surface area (TPSA) is 254 Å². The molecule has 0 aliphatic rings. The summed E-state index contributed by atoms with van der Waals surface area (Å²) >= 11 is 0. The zero-order valence-corrected chi connectivity index (χ0v) is 16.2. The number of nitrogens with two attached hydrogens (primary N) is 2. The zero-order valence-electron chi connectivity index (χ0n) is 16.2. The molecule has 0 fully saturated rings. The number of aliphatic carboxylic acids is 2. The highest BCUT2D eigenvalue weighted by Crippen LogP contribution is 2.03. The van der Waals surface area contributed by atoms with Crippen molar-refractivity contribution in [1.29, 1.82) is 0 Å². The summed E-state index contributed by atoms with van der Waals surface area (Å²) in [7, 11) is 0. The third-order valence-electron chi connectivity index (χ3n) is 3.92. The standard InChI is InChI=1S/C16H29N5O9/c17-4-2-1-3-9(19-13(26)8(18)6-22)14(27)21-11(7-23)15(28)20-10(16(29)30)5-12(24)25/h8-11,22-23H,1-7,17-18H2,(H,19,26)(H,20,28)(H,21,27)(H,24,25)(H,29,30). The van der Waals surface area contributed by atoms with Gasteiger partial charge in [-0.25, -0.2) is 4.79 Å². The Kier molecular flexibility index (Phi) is 12.9. The SMILES string of the molecule is NCCCCC(NC(=O)C(N)CO)C(=O)NC(CO)C(=O)NC(CC(=O)O)C(=O)O. The van der Waals surface area contributed by atoms with Crippen molar-refractivity contribution in [3.63, 3.8) is 0 Å². The summed E-state index contributed by atoms with van der Waals surface area (Å²) in [6.07, 6.45) is 0.164. The molecule has 11 N–H and O–H groups in total. The number of carbonyl (C=O) groups is 5. The number of carboxylic acids is 2. The lowest BCUT2D eigenvalue weighted by atomic mass is 10.1. The summed E-state index contributed by atoms with van der Waals surface area (Å²) in [6.45, 7) is -1.25. The first kappa shape index (κ1) is 27.2. The molecule has 4 atom stereocenters. The molecule has 0 radical (unpaired) electrons. The predicted octanol–water partition coefficient (Wildman–Crippen LogP) is -4.56. The molecule has 0 aromatic rings. The fourth-order valence-electron chi connectivity index (χ4n) is 2.24. The van der Waals surface area contributed by atoms with Gasteiger partial charge in [-0.15, -0.1) is 0 Å². The molecule has 0 aliphatic heterocycles. The van der Waals surface area contributed by atoms with E-state index in [0.717, 1.165) is 0 Å². The molecule has 14 nitrogen and oxygen atoms in total. The van der Waals surface area contributed by atoms with Crippen LogP contribution in [-0.2, 0) is 24.0 Å². The molecule has 0 aromatic heterocycles. The molecule has 0 heterocycles. The molecule has 0 aliphatic carbocycles. The van der Waals surface area contributed by atoms with Crippen molar-refractivity contribution in [2.45, 2.75) is 49.9 Å². The quantitative estimate of drug-likeness (QED) is 0.111. The van der Waals surface area contributed by atoms with Crippen LogP contribution in [0.5, 0.6) is 0 Å². The maximum atomic E-state index is 12.5. The van der Waals surface area contributed by atoms with Crippen molar-refractivity contribution in [3.05, 3.63) is 0 Å². The minimum absolute atomic E-state index is 0.115. The Morgan fingerprint density at radius 3 is 1.77 bits per heavy atom. The highest BCUT2D eigenvalue weighted by Gasteiger charge is 2.30. The lowest BCUT2D eigenvalue weighted by Gasteiger charge is -2.24. The van der Waals surface area contributed by atoms with Gasteiger partial charge in [-0.2, -0.15) is 0 Å². The van der Waals surface area contributed by atoms with Crippen molar-refractivity contribution in [2.24, 2.45) is 11.5 Å². The molecule has 0 bridgehead atoms. The molecule has 0 spiro atoms. The number of nitrogens with one attached hydrogen (secondary N) is 3. The van der Waals surface area contributed by atoms with Gasteiger partial charge in [0.1, 0.15) is 24.2 Å². The second-order valence-electron chi connectivity index (χ2n) is 6.38. The largest absolute Gasteiger partial charge is 0.481 e. The van der Waals surface area contributed by atoms with Gasteiger partial charge in [-0.1, -0.05) is 0 Å². The third-order valence-corrected chi connectivity index (χ3v) is 3.92. The fourth-order valence-corrected chi connectivity index (χ4v) is 2.24. The zero-order chi connectivity index (χ0) is 23.3. The summed E-state index contributed by atoms with van der Waals surface area (Å²) < 4.78 is 0. The normalized spacial score (nSPS) is 14.7. The van der Waals surface area contributed by atoms with E-state index in [0.29, 0.717) is 19.4 Å². The highest BCUT2D eigenvalue weighted by molar-refractivity contribution is 5.94. The van der Waals surface area contributed by atoms with Gasteiger partial charge in [-0.05, 0) is 25.8 Å². The van der Waals surface area contributed by atoms with E-state index in [1.807, 2.05) is 5.32 Å². The molecule has 14 heteroatoms. The third kappa shape index (κ3) is 10.1. The summed E-state index contributed by atoms with van der Waals surface area (Å²) in [5.74, 6) is -5.90. The van der Waals surface area contributed by atoms with Crippen LogP contribution in [0.15, 0.2) is 0 Å². The molecular formula is C16H29N5O9. The van der Waals surface area contributed by atoms with Gasteiger partial charge >= 0.3 is 11.9 Å². The van der Waals surface area contributed by atoms with Crippen molar-refractivity contribution >= 4 is 29.7 Å².